The van der Waals surface area contributed by atoms with Crippen LogP contribution in [0, 0.1) is 5.92 Å². The van der Waals surface area contributed by atoms with E-state index in [-0.39, 0.29) is 18.5 Å². The summed E-state index contributed by atoms with van der Waals surface area (Å²) in [6.07, 6.45) is 7.45. The molecule has 0 atom stereocenters. The van der Waals surface area contributed by atoms with Gasteiger partial charge in [0.25, 0.3) is 5.91 Å². The zero-order valence-corrected chi connectivity index (χ0v) is 16.7. The Hall–Kier alpha value is -1.92. The summed E-state index contributed by atoms with van der Waals surface area (Å²) in [5, 5.41) is 5.54. The van der Waals surface area contributed by atoms with E-state index in [4.69, 9.17) is 16.3 Å². The minimum absolute atomic E-state index is 0.287. The van der Waals surface area contributed by atoms with Crippen molar-refractivity contribution in [2.24, 2.45) is 5.92 Å². The number of halogens is 1. The first-order valence-corrected chi connectivity index (χ1v) is 10.5. The van der Waals surface area contributed by atoms with Crippen LogP contribution in [0.3, 0.4) is 0 Å². The number of rotatable bonds is 7. The van der Waals surface area contributed by atoms with Crippen molar-refractivity contribution in [3.63, 3.8) is 0 Å². The van der Waals surface area contributed by atoms with Crippen LogP contribution in [0.4, 0.5) is 5.13 Å². The smallest absolute Gasteiger partial charge is 0.306 e. The Balaban J connectivity index is 1.41. The topological polar surface area (TPSA) is 68.3 Å². The number of thiazole rings is 1. The molecule has 1 aliphatic rings. The van der Waals surface area contributed by atoms with Gasteiger partial charge in [0.2, 0.25) is 0 Å². The number of carbonyl (C=O) groups is 2. The fourth-order valence-corrected chi connectivity index (χ4v) is 4.25. The molecule has 27 heavy (non-hydrogen) atoms. The maximum atomic E-state index is 12.0. The monoisotopic (exact) mass is 406 g/mol. The quantitative estimate of drug-likeness (QED) is 0.633. The summed E-state index contributed by atoms with van der Waals surface area (Å²) >= 11 is 7.47. The van der Waals surface area contributed by atoms with Crippen LogP contribution in [-0.2, 0) is 14.3 Å². The second-order valence-corrected chi connectivity index (χ2v) is 8.03. The third kappa shape index (κ3) is 6.04. The first kappa shape index (κ1) is 19.8. The third-order valence-electron chi connectivity index (χ3n) is 4.75. The van der Waals surface area contributed by atoms with Gasteiger partial charge in [-0.25, -0.2) is 4.98 Å². The molecule has 0 aliphatic heterocycles. The second kappa shape index (κ2) is 9.85. The summed E-state index contributed by atoms with van der Waals surface area (Å²) < 4.78 is 5.08. The minimum Gasteiger partial charge on any atom is -0.456 e. The van der Waals surface area contributed by atoms with Crippen molar-refractivity contribution in [3.8, 4) is 11.3 Å². The van der Waals surface area contributed by atoms with Crippen LogP contribution in [0.25, 0.3) is 11.3 Å². The zero-order chi connectivity index (χ0) is 19.1. The molecule has 3 rings (SSSR count). The van der Waals surface area contributed by atoms with Crippen molar-refractivity contribution in [2.75, 3.05) is 11.9 Å². The average molecular weight is 407 g/mol. The molecule has 7 heteroatoms. The fourth-order valence-electron chi connectivity index (χ4n) is 3.30. The minimum atomic E-state index is -0.388. The van der Waals surface area contributed by atoms with E-state index in [2.05, 4.69) is 10.3 Å². The van der Waals surface area contributed by atoms with E-state index < -0.39 is 0 Å². The molecule has 5 nitrogen and oxygen atoms in total. The molecule has 144 valence electrons. The first-order valence-electron chi connectivity index (χ1n) is 9.27. The van der Waals surface area contributed by atoms with E-state index in [1.54, 1.807) is 6.07 Å². The van der Waals surface area contributed by atoms with E-state index in [1.807, 2.05) is 23.6 Å². The van der Waals surface area contributed by atoms with Gasteiger partial charge in [0.15, 0.2) is 11.7 Å². The first-order chi connectivity index (χ1) is 13.1. The number of ether oxygens (including phenoxy) is 1. The van der Waals surface area contributed by atoms with Crippen molar-refractivity contribution < 1.29 is 14.3 Å². The van der Waals surface area contributed by atoms with Crippen LogP contribution in [0.1, 0.15) is 44.9 Å². The number of nitrogens with zero attached hydrogens (tertiary/aromatic N) is 1. The lowest BCUT2D eigenvalue weighted by atomic mass is 9.86. The number of benzene rings is 1. The Bertz CT molecular complexity index is 787. The molecule has 0 radical (unpaired) electrons. The van der Waals surface area contributed by atoms with Gasteiger partial charge in [-0.15, -0.1) is 11.3 Å². The highest BCUT2D eigenvalue weighted by Gasteiger charge is 2.16. The Kier molecular flexibility index (Phi) is 7.24. The molecule has 1 heterocycles. The van der Waals surface area contributed by atoms with Crippen molar-refractivity contribution in [2.45, 2.75) is 44.9 Å². The summed E-state index contributed by atoms with van der Waals surface area (Å²) in [4.78, 5) is 28.2. The SMILES string of the molecule is O=C(COC(=O)CCC1CCCCC1)Nc1nc(-c2ccccc2Cl)cs1. The van der Waals surface area contributed by atoms with Crippen molar-refractivity contribution >= 4 is 39.9 Å². The van der Waals surface area contributed by atoms with E-state index in [0.29, 0.717) is 28.2 Å². The van der Waals surface area contributed by atoms with Gasteiger partial charge >= 0.3 is 5.97 Å². The van der Waals surface area contributed by atoms with Gasteiger partial charge in [0, 0.05) is 22.4 Å². The van der Waals surface area contributed by atoms with Gasteiger partial charge in [-0.3, -0.25) is 14.9 Å². The predicted molar refractivity (Wildman–Crippen MR) is 108 cm³/mol. The predicted octanol–water partition coefficient (Wildman–Crippen LogP) is 5.31. The van der Waals surface area contributed by atoms with Crippen LogP contribution in [0.15, 0.2) is 29.6 Å². The van der Waals surface area contributed by atoms with Gasteiger partial charge in [-0.2, -0.15) is 0 Å². The number of hydrogen-bond acceptors (Lipinski definition) is 5. The molecule has 0 bridgehead atoms. The van der Waals surface area contributed by atoms with Crippen LogP contribution in [0.5, 0.6) is 0 Å². The van der Waals surface area contributed by atoms with E-state index >= 15 is 0 Å². The number of hydrogen-bond donors (Lipinski definition) is 1. The lowest BCUT2D eigenvalue weighted by Gasteiger charge is -2.20. The number of anilines is 1. The molecule has 0 spiro atoms. The molecule has 1 fully saturated rings. The maximum absolute atomic E-state index is 12.0. The highest BCUT2D eigenvalue weighted by atomic mass is 35.5. The van der Waals surface area contributed by atoms with Gasteiger partial charge in [0.05, 0.1) is 5.69 Å². The Morgan fingerprint density at radius 1 is 1.22 bits per heavy atom. The molecular formula is C20H23ClN2O3S. The van der Waals surface area contributed by atoms with Crippen LogP contribution < -0.4 is 5.32 Å². The molecule has 1 aromatic carbocycles. The van der Waals surface area contributed by atoms with E-state index in [0.717, 1.165) is 12.0 Å². The fraction of sp³-hybridized carbons (Fsp3) is 0.450. The summed E-state index contributed by atoms with van der Waals surface area (Å²) in [5.74, 6) is -0.0774. The lowest BCUT2D eigenvalue weighted by molar-refractivity contribution is -0.147. The van der Waals surface area contributed by atoms with Gasteiger partial charge in [0.1, 0.15) is 0 Å². The molecule has 0 saturated heterocycles. The molecule has 1 aliphatic carbocycles. The Labute approximate surface area is 168 Å². The number of aromatic nitrogens is 1. The summed E-state index contributed by atoms with van der Waals surface area (Å²) in [6.45, 7) is -0.287. The van der Waals surface area contributed by atoms with E-state index in [1.165, 1.54) is 43.4 Å². The van der Waals surface area contributed by atoms with Gasteiger partial charge in [-0.05, 0) is 18.4 Å². The third-order valence-corrected chi connectivity index (χ3v) is 5.83. The van der Waals surface area contributed by atoms with Crippen molar-refractivity contribution in [3.05, 3.63) is 34.7 Å². The Morgan fingerprint density at radius 3 is 2.78 bits per heavy atom. The highest BCUT2D eigenvalue weighted by molar-refractivity contribution is 7.14. The standard InChI is InChI=1S/C20H23ClN2O3S/c21-16-9-5-4-8-15(16)17-13-27-20(22-17)23-18(24)12-26-19(25)11-10-14-6-2-1-3-7-14/h4-5,8-9,13-14H,1-3,6-7,10-12H2,(H,22,23,24). The summed E-state index contributed by atoms with van der Waals surface area (Å²) in [6, 6.07) is 7.40. The maximum Gasteiger partial charge on any atom is 0.306 e. The van der Waals surface area contributed by atoms with Gasteiger partial charge in [-0.1, -0.05) is 61.9 Å². The number of carbonyl (C=O) groups excluding carboxylic acids is 2. The average Bonchev–Trinajstić information content (AvgIpc) is 3.14. The number of nitrogens with one attached hydrogen (secondary N) is 1. The molecular weight excluding hydrogens is 384 g/mol. The molecule has 1 aromatic heterocycles. The highest BCUT2D eigenvalue weighted by Crippen LogP contribution is 2.30. The van der Waals surface area contributed by atoms with Crippen LogP contribution in [-0.4, -0.2) is 23.5 Å². The lowest BCUT2D eigenvalue weighted by Crippen LogP contribution is -2.21. The molecule has 0 unspecified atom stereocenters. The number of esters is 1. The normalized spacial score (nSPS) is 14.7. The second-order valence-electron chi connectivity index (χ2n) is 6.77. The Morgan fingerprint density at radius 2 is 2.00 bits per heavy atom. The number of amides is 1. The molecule has 1 N–H and O–H groups in total. The van der Waals surface area contributed by atoms with Crippen LogP contribution >= 0.6 is 22.9 Å². The van der Waals surface area contributed by atoms with E-state index in [9.17, 15) is 9.59 Å². The largest absolute Gasteiger partial charge is 0.456 e. The molecule has 1 saturated carbocycles. The zero-order valence-electron chi connectivity index (χ0n) is 15.1. The van der Waals surface area contributed by atoms with Crippen molar-refractivity contribution in [1.29, 1.82) is 0 Å². The summed E-state index contributed by atoms with van der Waals surface area (Å²) in [7, 11) is 0. The summed E-state index contributed by atoms with van der Waals surface area (Å²) in [5.41, 5.74) is 1.51. The van der Waals surface area contributed by atoms with Crippen molar-refractivity contribution in [1.82, 2.24) is 4.98 Å². The van der Waals surface area contributed by atoms with Crippen LogP contribution in [0.2, 0.25) is 5.02 Å². The van der Waals surface area contributed by atoms with Gasteiger partial charge < -0.3 is 4.74 Å². The molecule has 1 amide bonds. The molecule has 2 aromatic rings.